The average molecular weight is 228 g/mol. The van der Waals surface area contributed by atoms with Gasteiger partial charge < -0.3 is 11.1 Å². The predicted octanol–water partition coefficient (Wildman–Crippen LogP) is 0.863. The Morgan fingerprint density at radius 1 is 1.73 bits per heavy atom. The van der Waals surface area contributed by atoms with E-state index in [4.69, 9.17) is 5.73 Å². The fourth-order valence-corrected chi connectivity index (χ4v) is 1.13. The number of hydrogen-bond donors (Lipinski definition) is 3. The van der Waals surface area contributed by atoms with Crippen molar-refractivity contribution in [2.24, 2.45) is 0 Å². The number of nitrogens with two attached hydrogens (primary N) is 1. The number of nitrogens with one attached hydrogen (secondary N) is 2. The molecule has 5 nitrogen and oxygen atoms in total. The van der Waals surface area contributed by atoms with Gasteiger partial charge in [-0.15, -0.1) is 0 Å². The molecule has 84 valence electrons. The highest BCUT2D eigenvalue weighted by Gasteiger charge is 2.18. The van der Waals surface area contributed by atoms with E-state index in [9.17, 15) is 4.79 Å². The number of H-pyrrole nitrogens is 1. The van der Waals surface area contributed by atoms with Gasteiger partial charge in [-0.1, -0.05) is 0 Å². The molecule has 0 spiro atoms. The molecule has 1 amide bonds. The lowest BCUT2D eigenvalue weighted by molar-refractivity contribution is 0.0946. The molecule has 1 heterocycles. The molecule has 0 unspecified atom stereocenters. The van der Waals surface area contributed by atoms with Crippen LogP contribution >= 0.6 is 11.8 Å². The van der Waals surface area contributed by atoms with Crippen molar-refractivity contribution in [3.8, 4) is 0 Å². The first-order valence-corrected chi connectivity index (χ1v) is 5.81. The second-order valence-corrected chi connectivity index (χ2v) is 5.37. The molecule has 0 aromatic carbocycles. The second kappa shape index (κ2) is 4.57. The molecule has 0 aliphatic carbocycles. The van der Waals surface area contributed by atoms with Gasteiger partial charge in [0.2, 0.25) is 0 Å². The Morgan fingerprint density at radius 3 is 2.87 bits per heavy atom. The SMILES string of the molecule is CSC(C)(C)CNC(=O)c1cc(N)n[nH]1. The van der Waals surface area contributed by atoms with Crippen LogP contribution in [0.3, 0.4) is 0 Å². The summed E-state index contributed by atoms with van der Waals surface area (Å²) in [5, 5.41) is 9.07. The molecule has 15 heavy (non-hydrogen) atoms. The number of anilines is 1. The first kappa shape index (κ1) is 11.9. The van der Waals surface area contributed by atoms with Gasteiger partial charge in [-0.05, 0) is 20.1 Å². The minimum Gasteiger partial charge on any atom is -0.382 e. The molecule has 1 aromatic rings. The van der Waals surface area contributed by atoms with Crippen molar-refractivity contribution in [3.63, 3.8) is 0 Å². The van der Waals surface area contributed by atoms with Gasteiger partial charge in [-0.2, -0.15) is 16.9 Å². The molecule has 0 fully saturated rings. The highest BCUT2D eigenvalue weighted by Crippen LogP contribution is 2.19. The largest absolute Gasteiger partial charge is 0.382 e. The van der Waals surface area contributed by atoms with Crippen LogP contribution < -0.4 is 11.1 Å². The van der Waals surface area contributed by atoms with Gasteiger partial charge in [0.1, 0.15) is 11.5 Å². The van der Waals surface area contributed by atoms with Crippen LogP contribution in [-0.4, -0.2) is 33.7 Å². The molecule has 0 bridgehead atoms. The van der Waals surface area contributed by atoms with E-state index in [0.29, 0.717) is 18.1 Å². The van der Waals surface area contributed by atoms with Crippen molar-refractivity contribution in [2.75, 3.05) is 18.5 Å². The Labute approximate surface area is 93.2 Å². The summed E-state index contributed by atoms with van der Waals surface area (Å²) in [6, 6.07) is 1.52. The molecular formula is C9H16N4OS. The molecule has 0 saturated carbocycles. The Kier molecular flexibility index (Phi) is 3.62. The molecule has 6 heteroatoms. The monoisotopic (exact) mass is 228 g/mol. The third-order valence-corrected chi connectivity index (χ3v) is 3.32. The van der Waals surface area contributed by atoms with E-state index in [1.807, 2.05) is 6.26 Å². The minimum absolute atomic E-state index is 0.0290. The number of rotatable bonds is 4. The van der Waals surface area contributed by atoms with Crippen molar-refractivity contribution in [2.45, 2.75) is 18.6 Å². The summed E-state index contributed by atoms with van der Waals surface area (Å²) in [7, 11) is 0. The van der Waals surface area contributed by atoms with Crippen LogP contribution in [-0.2, 0) is 0 Å². The molecule has 0 aliphatic heterocycles. The highest BCUT2D eigenvalue weighted by atomic mass is 32.2. The molecule has 1 aromatic heterocycles. The zero-order valence-electron chi connectivity index (χ0n) is 9.13. The number of hydrogen-bond acceptors (Lipinski definition) is 4. The van der Waals surface area contributed by atoms with Crippen molar-refractivity contribution < 1.29 is 4.79 Å². The number of carbonyl (C=O) groups is 1. The van der Waals surface area contributed by atoms with E-state index in [0.717, 1.165) is 0 Å². The van der Waals surface area contributed by atoms with Crippen LogP contribution in [0.2, 0.25) is 0 Å². The van der Waals surface area contributed by atoms with Crippen LogP contribution in [0.5, 0.6) is 0 Å². The standard InChI is InChI=1S/C9H16N4OS/c1-9(2,15-3)5-11-8(14)6-4-7(10)13-12-6/h4H,5H2,1-3H3,(H,11,14)(H3,10,12,13). The summed E-state index contributed by atoms with van der Waals surface area (Å²) in [6.45, 7) is 4.74. The van der Waals surface area contributed by atoms with Gasteiger partial charge in [0.25, 0.3) is 5.91 Å². The van der Waals surface area contributed by atoms with Gasteiger partial charge in [-0.25, -0.2) is 0 Å². The number of aromatic amines is 1. The Bertz CT molecular complexity index is 348. The minimum atomic E-state index is -0.179. The number of amides is 1. The molecular weight excluding hydrogens is 212 g/mol. The summed E-state index contributed by atoms with van der Waals surface area (Å²) in [5.74, 6) is 0.144. The third kappa shape index (κ3) is 3.47. The topological polar surface area (TPSA) is 83.8 Å². The Hall–Kier alpha value is -1.17. The van der Waals surface area contributed by atoms with Crippen molar-refractivity contribution in [3.05, 3.63) is 11.8 Å². The lowest BCUT2D eigenvalue weighted by Gasteiger charge is -2.21. The maximum Gasteiger partial charge on any atom is 0.269 e. The Balaban J connectivity index is 2.50. The van der Waals surface area contributed by atoms with Crippen LogP contribution in [0.25, 0.3) is 0 Å². The van der Waals surface area contributed by atoms with E-state index in [-0.39, 0.29) is 10.7 Å². The van der Waals surface area contributed by atoms with Gasteiger partial charge in [0, 0.05) is 17.4 Å². The van der Waals surface area contributed by atoms with Gasteiger partial charge in [0.05, 0.1) is 0 Å². The molecule has 0 atom stereocenters. The van der Waals surface area contributed by atoms with E-state index >= 15 is 0 Å². The molecule has 0 saturated heterocycles. The van der Waals surface area contributed by atoms with E-state index in [2.05, 4.69) is 29.4 Å². The number of carbonyl (C=O) groups excluding carboxylic acids is 1. The summed E-state index contributed by atoms with van der Waals surface area (Å²) in [6.07, 6.45) is 2.01. The summed E-state index contributed by atoms with van der Waals surface area (Å²) >= 11 is 1.70. The van der Waals surface area contributed by atoms with Crippen LogP contribution in [0, 0.1) is 0 Å². The number of thioether (sulfide) groups is 1. The molecule has 0 aliphatic rings. The van der Waals surface area contributed by atoms with Crippen molar-refractivity contribution >= 4 is 23.5 Å². The quantitative estimate of drug-likeness (QED) is 0.713. The third-order valence-electron chi connectivity index (χ3n) is 2.07. The average Bonchev–Trinajstić information content (AvgIpc) is 2.61. The summed E-state index contributed by atoms with van der Waals surface area (Å²) < 4.78 is 0.0290. The maximum atomic E-state index is 11.6. The molecule has 4 N–H and O–H groups in total. The van der Waals surface area contributed by atoms with Crippen molar-refractivity contribution in [1.29, 1.82) is 0 Å². The first-order chi connectivity index (χ1) is 6.94. The zero-order chi connectivity index (χ0) is 11.5. The van der Waals surface area contributed by atoms with E-state index < -0.39 is 0 Å². The smallest absolute Gasteiger partial charge is 0.269 e. The Morgan fingerprint density at radius 2 is 2.40 bits per heavy atom. The maximum absolute atomic E-state index is 11.6. The molecule has 1 rings (SSSR count). The lowest BCUT2D eigenvalue weighted by atomic mass is 10.2. The van der Waals surface area contributed by atoms with Crippen molar-refractivity contribution in [1.82, 2.24) is 15.5 Å². The van der Waals surface area contributed by atoms with Gasteiger partial charge in [0.15, 0.2) is 0 Å². The summed E-state index contributed by atoms with van der Waals surface area (Å²) in [4.78, 5) is 11.6. The number of nitrogen functional groups attached to an aromatic ring is 1. The number of aromatic nitrogens is 2. The predicted molar refractivity (Wildman–Crippen MR) is 62.9 cm³/mol. The number of nitrogens with zero attached hydrogens (tertiary/aromatic N) is 1. The normalized spacial score (nSPS) is 11.4. The second-order valence-electron chi connectivity index (χ2n) is 3.85. The highest BCUT2D eigenvalue weighted by molar-refractivity contribution is 7.99. The zero-order valence-corrected chi connectivity index (χ0v) is 9.94. The van der Waals surface area contributed by atoms with Crippen LogP contribution in [0.15, 0.2) is 6.07 Å². The van der Waals surface area contributed by atoms with Crippen LogP contribution in [0.4, 0.5) is 5.82 Å². The summed E-state index contributed by atoms with van der Waals surface area (Å²) in [5.41, 5.74) is 5.79. The molecule has 0 radical (unpaired) electrons. The van der Waals surface area contributed by atoms with Crippen LogP contribution in [0.1, 0.15) is 24.3 Å². The van der Waals surface area contributed by atoms with E-state index in [1.165, 1.54) is 6.07 Å². The fourth-order valence-electron chi connectivity index (χ4n) is 0.914. The lowest BCUT2D eigenvalue weighted by Crippen LogP contribution is -2.36. The van der Waals surface area contributed by atoms with Gasteiger partial charge >= 0.3 is 0 Å². The first-order valence-electron chi connectivity index (χ1n) is 4.59. The van der Waals surface area contributed by atoms with E-state index in [1.54, 1.807) is 11.8 Å². The fraction of sp³-hybridized carbons (Fsp3) is 0.556. The van der Waals surface area contributed by atoms with Gasteiger partial charge in [-0.3, -0.25) is 9.89 Å².